The number of hydrazine groups is 1. The van der Waals surface area contributed by atoms with Crippen molar-refractivity contribution in [1.82, 2.24) is 15.8 Å². The van der Waals surface area contributed by atoms with E-state index in [9.17, 15) is 9.59 Å². The summed E-state index contributed by atoms with van der Waals surface area (Å²) in [7, 11) is 0. The monoisotopic (exact) mass is 353 g/mol. The van der Waals surface area contributed by atoms with Crippen molar-refractivity contribution in [2.45, 2.75) is 39.3 Å². The molecular weight excluding hydrogens is 330 g/mol. The number of benzene rings is 1. The highest BCUT2D eigenvalue weighted by molar-refractivity contribution is 7.80. The second-order valence-electron chi connectivity index (χ2n) is 6.11. The van der Waals surface area contributed by atoms with E-state index in [4.69, 9.17) is 22.1 Å². The van der Waals surface area contributed by atoms with Crippen LogP contribution in [0.3, 0.4) is 0 Å². The first-order valence-electron chi connectivity index (χ1n) is 7.47. The van der Waals surface area contributed by atoms with Crippen LogP contribution >= 0.6 is 12.2 Å². The second-order valence-corrected chi connectivity index (χ2v) is 6.49. The molecule has 132 valence electrons. The molecule has 0 saturated carbocycles. The third-order valence-corrected chi connectivity index (χ3v) is 3.13. The van der Waals surface area contributed by atoms with Gasteiger partial charge in [0.15, 0.2) is 5.11 Å². The molecule has 8 heteroatoms. The smallest absolute Gasteiger partial charge is 0.426 e. The van der Waals surface area contributed by atoms with Crippen LogP contribution in [-0.4, -0.2) is 39.3 Å². The highest BCUT2D eigenvalue weighted by Gasteiger charge is 2.17. The zero-order valence-corrected chi connectivity index (χ0v) is 14.9. The van der Waals surface area contributed by atoms with Gasteiger partial charge in [-0.25, -0.2) is 10.2 Å². The van der Waals surface area contributed by atoms with Crippen LogP contribution in [-0.2, 0) is 16.1 Å². The summed E-state index contributed by atoms with van der Waals surface area (Å²) in [6, 6.07) is 9.50. The first-order valence-corrected chi connectivity index (χ1v) is 7.88. The Bertz CT molecular complexity index is 572. The van der Waals surface area contributed by atoms with E-state index in [0.717, 1.165) is 5.56 Å². The lowest BCUT2D eigenvalue weighted by Crippen LogP contribution is -2.50. The maximum Gasteiger partial charge on any atom is 0.426 e. The second kappa shape index (κ2) is 9.07. The van der Waals surface area contributed by atoms with Crippen molar-refractivity contribution in [3.05, 3.63) is 35.9 Å². The Labute approximate surface area is 147 Å². The standard InChI is InChI=1S/C16H23N3O4S/c1-16(2,3)23-15(22)18-17-14(24)19(10-9-13(20)21)11-12-7-5-4-6-8-12/h4-8H,9-11H2,1-3H3,(H,17,24)(H,18,22)(H,20,21). The summed E-state index contributed by atoms with van der Waals surface area (Å²) in [6.07, 6.45) is -0.732. The molecular formula is C16H23N3O4S. The van der Waals surface area contributed by atoms with Crippen LogP contribution in [0.1, 0.15) is 32.8 Å². The Morgan fingerprint density at radius 1 is 1.21 bits per heavy atom. The number of carboxylic acids is 1. The predicted octanol–water partition coefficient (Wildman–Crippen LogP) is 2.28. The van der Waals surface area contributed by atoms with Gasteiger partial charge in [0.05, 0.1) is 6.42 Å². The van der Waals surface area contributed by atoms with E-state index in [2.05, 4.69) is 10.9 Å². The van der Waals surface area contributed by atoms with Gasteiger partial charge in [0.2, 0.25) is 0 Å². The summed E-state index contributed by atoms with van der Waals surface area (Å²) in [4.78, 5) is 24.1. The van der Waals surface area contributed by atoms with Crippen LogP contribution < -0.4 is 10.9 Å². The molecule has 7 nitrogen and oxygen atoms in total. The lowest BCUT2D eigenvalue weighted by molar-refractivity contribution is -0.137. The number of carbonyl (C=O) groups excluding carboxylic acids is 1. The molecule has 0 aromatic heterocycles. The highest BCUT2D eigenvalue weighted by Crippen LogP contribution is 2.07. The van der Waals surface area contributed by atoms with E-state index in [1.165, 1.54) is 0 Å². The van der Waals surface area contributed by atoms with Gasteiger partial charge in [-0.05, 0) is 38.6 Å². The molecule has 1 aromatic carbocycles. The Balaban J connectivity index is 2.62. The van der Waals surface area contributed by atoms with Crippen LogP contribution in [0.2, 0.25) is 0 Å². The summed E-state index contributed by atoms with van der Waals surface area (Å²) in [5.74, 6) is -0.920. The zero-order chi connectivity index (χ0) is 18.2. The average Bonchev–Trinajstić information content (AvgIpc) is 2.48. The maximum absolute atomic E-state index is 11.6. The van der Waals surface area contributed by atoms with Gasteiger partial charge in [-0.3, -0.25) is 10.2 Å². The van der Waals surface area contributed by atoms with E-state index >= 15 is 0 Å². The molecule has 0 radical (unpaired) electrons. The number of amides is 1. The Morgan fingerprint density at radius 2 is 1.83 bits per heavy atom. The summed E-state index contributed by atoms with van der Waals surface area (Å²) in [5.41, 5.74) is 5.29. The quantitative estimate of drug-likeness (QED) is 0.552. The fourth-order valence-corrected chi connectivity index (χ4v) is 1.98. The minimum atomic E-state index is -0.920. The van der Waals surface area contributed by atoms with Crippen LogP contribution in [0.5, 0.6) is 0 Å². The average molecular weight is 353 g/mol. The molecule has 0 spiro atoms. The lowest BCUT2D eigenvalue weighted by Gasteiger charge is -2.26. The molecule has 0 atom stereocenters. The zero-order valence-electron chi connectivity index (χ0n) is 14.0. The number of thiocarbonyl (C=S) groups is 1. The number of hydrogen-bond donors (Lipinski definition) is 3. The highest BCUT2D eigenvalue weighted by atomic mass is 32.1. The van der Waals surface area contributed by atoms with E-state index in [1.54, 1.807) is 25.7 Å². The number of carbonyl (C=O) groups is 2. The Hall–Kier alpha value is -2.35. The molecule has 1 amide bonds. The van der Waals surface area contributed by atoms with Gasteiger partial charge < -0.3 is 14.7 Å². The fourth-order valence-electron chi connectivity index (χ4n) is 1.77. The van der Waals surface area contributed by atoms with Gasteiger partial charge in [0.1, 0.15) is 5.60 Å². The lowest BCUT2D eigenvalue weighted by atomic mass is 10.2. The Morgan fingerprint density at radius 3 is 2.38 bits per heavy atom. The number of aliphatic carboxylic acids is 1. The van der Waals surface area contributed by atoms with Gasteiger partial charge in [-0.1, -0.05) is 30.3 Å². The molecule has 0 aliphatic heterocycles. The van der Waals surface area contributed by atoms with Crippen LogP contribution in [0.4, 0.5) is 4.79 Å². The molecule has 0 aliphatic rings. The fraction of sp³-hybridized carbons (Fsp3) is 0.438. The van der Waals surface area contributed by atoms with Crippen LogP contribution in [0.25, 0.3) is 0 Å². The van der Waals surface area contributed by atoms with Gasteiger partial charge >= 0.3 is 12.1 Å². The summed E-state index contributed by atoms with van der Waals surface area (Å²) in [6.45, 7) is 5.89. The SMILES string of the molecule is CC(C)(C)OC(=O)NNC(=S)N(CCC(=O)O)Cc1ccccc1. The molecule has 0 unspecified atom stereocenters. The molecule has 0 saturated heterocycles. The molecule has 3 N–H and O–H groups in total. The van der Waals surface area contributed by atoms with Gasteiger partial charge in [0, 0.05) is 13.1 Å². The first kappa shape index (κ1) is 19.7. The molecule has 1 aromatic rings. The number of nitrogens with zero attached hydrogens (tertiary/aromatic N) is 1. The first-order chi connectivity index (χ1) is 11.2. The predicted molar refractivity (Wildman–Crippen MR) is 94.2 cm³/mol. The third kappa shape index (κ3) is 8.33. The molecule has 24 heavy (non-hydrogen) atoms. The maximum atomic E-state index is 11.6. The van der Waals surface area contributed by atoms with Crippen LogP contribution in [0.15, 0.2) is 30.3 Å². The third-order valence-electron chi connectivity index (χ3n) is 2.77. The molecule has 0 heterocycles. The number of ether oxygens (including phenoxy) is 1. The topological polar surface area (TPSA) is 90.9 Å². The van der Waals surface area contributed by atoms with Crippen molar-refractivity contribution in [3.8, 4) is 0 Å². The summed E-state index contributed by atoms with van der Waals surface area (Å²) in [5, 5.41) is 9.09. The van der Waals surface area contributed by atoms with E-state index in [0.29, 0.717) is 6.54 Å². The van der Waals surface area contributed by atoms with Crippen molar-refractivity contribution < 1.29 is 19.4 Å². The molecule has 1 rings (SSSR count). The number of carboxylic acid groups (broad SMARTS) is 1. The van der Waals surface area contributed by atoms with Crippen molar-refractivity contribution in [1.29, 1.82) is 0 Å². The minimum Gasteiger partial charge on any atom is -0.481 e. The summed E-state index contributed by atoms with van der Waals surface area (Å²) < 4.78 is 5.10. The van der Waals surface area contributed by atoms with E-state index in [-0.39, 0.29) is 18.1 Å². The summed E-state index contributed by atoms with van der Waals surface area (Å²) >= 11 is 5.24. The van der Waals surface area contributed by atoms with Crippen molar-refractivity contribution in [2.75, 3.05) is 6.54 Å². The van der Waals surface area contributed by atoms with Crippen molar-refractivity contribution in [2.24, 2.45) is 0 Å². The van der Waals surface area contributed by atoms with E-state index < -0.39 is 17.7 Å². The van der Waals surface area contributed by atoms with E-state index in [1.807, 2.05) is 30.3 Å². The molecule has 0 aliphatic carbocycles. The molecule has 0 fully saturated rings. The van der Waals surface area contributed by atoms with Crippen molar-refractivity contribution >= 4 is 29.4 Å². The van der Waals surface area contributed by atoms with Gasteiger partial charge in [-0.15, -0.1) is 0 Å². The van der Waals surface area contributed by atoms with Gasteiger partial charge in [0.25, 0.3) is 0 Å². The normalized spacial score (nSPS) is 10.6. The van der Waals surface area contributed by atoms with Crippen LogP contribution in [0, 0.1) is 0 Å². The largest absolute Gasteiger partial charge is 0.481 e. The molecule has 0 bridgehead atoms. The van der Waals surface area contributed by atoms with Crippen molar-refractivity contribution in [3.63, 3.8) is 0 Å². The minimum absolute atomic E-state index is 0.0684. The van der Waals surface area contributed by atoms with Gasteiger partial charge in [-0.2, -0.15) is 0 Å². The number of nitrogens with one attached hydrogen (secondary N) is 2. The number of hydrogen-bond acceptors (Lipinski definition) is 4. The number of rotatable bonds is 5. The Kier molecular flexibility index (Phi) is 7.44.